The third kappa shape index (κ3) is 6.92. The number of aryl methyl sites for hydroxylation is 2. The summed E-state index contributed by atoms with van der Waals surface area (Å²) in [6.45, 7) is 8.29. The Morgan fingerprint density at radius 1 is 0.857 bits per heavy atom. The number of nitrogens with zero attached hydrogens (tertiary/aromatic N) is 2. The van der Waals surface area contributed by atoms with E-state index in [-0.39, 0.29) is 10.8 Å². The highest BCUT2D eigenvalue weighted by molar-refractivity contribution is 7.92. The van der Waals surface area contributed by atoms with E-state index in [1.807, 2.05) is 68.4 Å². The molecule has 42 heavy (non-hydrogen) atoms. The third-order valence-electron chi connectivity index (χ3n) is 7.48. The molecule has 1 fully saturated rings. The quantitative estimate of drug-likeness (QED) is 0.263. The van der Waals surface area contributed by atoms with Crippen LogP contribution in [0.5, 0.6) is 5.75 Å². The second kappa shape index (κ2) is 12.7. The summed E-state index contributed by atoms with van der Waals surface area (Å²) in [5.74, 6) is 0.641. The molecule has 218 valence electrons. The molecule has 0 atom stereocenters. The van der Waals surface area contributed by atoms with Gasteiger partial charge in [-0.15, -0.1) is 0 Å². The third-order valence-corrected chi connectivity index (χ3v) is 8.86. The van der Waals surface area contributed by atoms with Crippen LogP contribution in [0.3, 0.4) is 0 Å². The van der Waals surface area contributed by atoms with E-state index in [1.165, 1.54) is 12.1 Å². The van der Waals surface area contributed by atoms with Crippen LogP contribution in [0, 0.1) is 13.8 Å². The van der Waals surface area contributed by atoms with Crippen LogP contribution in [0.2, 0.25) is 0 Å². The Morgan fingerprint density at radius 3 is 2.24 bits per heavy atom. The molecule has 1 amide bonds. The van der Waals surface area contributed by atoms with E-state index in [0.29, 0.717) is 16.9 Å². The van der Waals surface area contributed by atoms with E-state index >= 15 is 0 Å². The molecule has 0 spiro atoms. The van der Waals surface area contributed by atoms with Crippen LogP contribution in [0.15, 0.2) is 95.9 Å². The fourth-order valence-corrected chi connectivity index (χ4v) is 6.15. The Bertz CT molecular complexity index is 1650. The lowest BCUT2D eigenvalue weighted by atomic mass is 10.1. The molecule has 0 aliphatic carbocycles. The maximum atomic E-state index is 12.9. The van der Waals surface area contributed by atoms with Gasteiger partial charge in [0.15, 0.2) is 0 Å². The van der Waals surface area contributed by atoms with Crippen LogP contribution in [0.25, 0.3) is 0 Å². The van der Waals surface area contributed by atoms with Crippen molar-refractivity contribution in [1.82, 2.24) is 4.90 Å². The van der Waals surface area contributed by atoms with Gasteiger partial charge in [-0.1, -0.05) is 36.4 Å². The van der Waals surface area contributed by atoms with Crippen molar-refractivity contribution in [1.29, 1.82) is 0 Å². The van der Waals surface area contributed by atoms with Crippen molar-refractivity contribution in [3.8, 4) is 5.75 Å². The Hall–Kier alpha value is -4.34. The molecule has 0 bridgehead atoms. The molecule has 0 unspecified atom stereocenters. The topological polar surface area (TPSA) is 91.0 Å². The van der Waals surface area contributed by atoms with Crippen LogP contribution >= 0.6 is 0 Å². The van der Waals surface area contributed by atoms with Gasteiger partial charge < -0.3 is 15.0 Å². The van der Waals surface area contributed by atoms with Gasteiger partial charge in [-0.25, -0.2) is 8.42 Å². The molecule has 5 rings (SSSR count). The zero-order chi connectivity index (χ0) is 29.7. The predicted molar refractivity (Wildman–Crippen MR) is 168 cm³/mol. The summed E-state index contributed by atoms with van der Waals surface area (Å²) in [6.07, 6.45) is 0. The van der Waals surface area contributed by atoms with E-state index in [2.05, 4.69) is 25.9 Å². The SMILES string of the molecule is COc1ccccc1N1CCN(Cc2ccc(C(=O)Nc3ccc(S(=O)(=O)Nc4cc(C)ccc4C)cc3)cc2)CC1. The van der Waals surface area contributed by atoms with Crippen LogP contribution < -0.4 is 19.7 Å². The van der Waals surface area contributed by atoms with Gasteiger partial charge >= 0.3 is 0 Å². The van der Waals surface area contributed by atoms with E-state index in [9.17, 15) is 13.2 Å². The molecule has 4 aromatic rings. The van der Waals surface area contributed by atoms with Gasteiger partial charge in [-0.3, -0.25) is 14.4 Å². The lowest BCUT2D eigenvalue weighted by Crippen LogP contribution is -2.46. The highest BCUT2D eigenvalue weighted by atomic mass is 32.2. The lowest BCUT2D eigenvalue weighted by Gasteiger charge is -2.36. The monoisotopic (exact) mass is 584 g/mol. The van der Waals surface area contributed by atoms with Crippen molar-refractivity contribution in [3.05, 3.63) is 113 Å². The number of nitrogens with one attached hydrogen (secondary N) is 2. The first kappa shape index (κ1) is 29.2. The fourth-order valence-electron chi connectivity index (χ4n) is 5.03. The molecule has 0 saturated carbocycles. The predicted octanol–water partition coefficient (Wildman–Crippen LogP) is 5.69. The van der Waals surface area contributed by atoms with E-state index < -0.39 is 10.0 Å². The Morgan fingerprint density at radius 2 is 1.55 bits per heavy atom. The Labute approximate surface area is 248 Å². The van der Waals surface area contributed by atoms with Crippen LogP contribution in [-0.4, -0.2) is 52.5 Å². The number of carbonyl (C=O) groups is 1. The van der Waals surface area contributed by atoms with Gasteiger partial charge in [0.05, 0.1) is 23.4 Å². The summed E-state index contributed by atoms with van der Waals surface area (Å²) >= 11 is 0. The number of sulfonamides is 1. The Balaban J connectivity index is 1.14. The molecular formula is C33H36N4O4S. The normalized spacial score (nSPS) is 13.9. The van der Waals surface area contributed by atoms with Gasteiger partial charge in [0, 0.05) is 44.0 Å². The van der Waals surface area contributed by atoms with Crippen molar-refractivity contribution < 1.29 is 17.9 Å². The first-order valence-electron chi connectivity index (χ1n) is 13.9. The average molecular weight is 585 g/mol. The zero-order valence-electron chi connectivity index (χ0n) is 24.1. The highest BCUT2D eigenvalue weighted by Crippen LogP contribution is 2.28. The molecule has 8 nitrogen and oxygen atoms in total. The fraction of sp³-hybridized carbons (Fsp3) is 0.242. The van der Waals surface area contributed by atoms with Gasteiger partial charge in [0.25, 0.3) is 15.9 Å². The van der Waals surface area contributed by atoms with E-state index in [1.54, 1.807) is 25.3 Å². The maximum absolute atomic E-state index is 12.9. The van der Waals surface area contributed by atoms with Gasteiger partial charge in [-0.05, 0) is 85.1 Å². The highest BCUT2D eigenvalue weighted by Gasteiger charge is 2.20. The number of carbonyl (C=O) groups excluding carboxylic acids is 1. The summed E-state index contributed by atoms with van der Waals surface area (Å²) in [4.78, 5) is 17.7. The number of ether oxygens (including phenoxy) is 1. The lowest BCUT2D eigenvalue weighted by molar-refractivity contribution is 0.102. The van der Waals surface area contributed by atoms with Gasteiger partial charge in [0.1, 0.15) is 5.75 Å². The molecule has 4 aromatic carbocycles. The number of hydrogen-bond donors (Lipinski definition) is 2. The summed E-state index contributed by atoms with van der Waals surface area (Å²) in [6, 6.07) is 27.5. The first-order valence-corrected chi connectivity index (χ1v) is 15.4. The number of benzene rings is 4. The minimum absolute atomic E-state index is 0.120. The summed E-state index contributed by atoms with van der Waals surface area (Å²) < 4.78 is 34.0. The number of hydrogen-bond acceptors (Lipinski definition) is 6. The van der Waals surface area contributed by atoms with E-state index in [4.69, 9.17) is 4.74 Å². The largest absolute Gasteiger partial charge is 0.495 e. The second-order valence-corrected chi connectivity index (χ2v) is 12.2. The molecule has 1 heterocycles. The Kier molecular flexibility index (Phi) is 8.80. The van der Waals surface area contributed by atoms with Crippen molar-refractivity contribution in [2.75, 3.05) is 48.2 Å². The molecule has 9 heteroatoms. The van der Waals surface area contributed by atoms with E-state index in [0.717, 1.165) is 60.9 Å². The van der Waals surface area contributed by atoms with Crippen LogP contribution in [-0.2, 0) is 16.6 Å². The minimum Gasteiger partial charge on any atom is -0.495 e. The standard InChI is InChI=1S/C33H36N4O4S/c1-24-8-9-25(2)30(22-24)35-42(39,40)29-16-14-28(15-17-29)34-33(38)27-12-10-26(11-13-27)23-36-18-20-37(21-19-36)31-6-4-5-7-32(31)41-3/h4-17,22,35H,18-21,23H2,1-3H3,(H,34,38). The van der Waals surface area contributed by atoms with Gasteiger partial charge in [-0.2, -0.15) is 0 Å². The molecule has 2 N–H and O–H groups in total. The summed E-state index contributed by atoms with van der Waals surface area (Å²) in [7, 11) is -2.06. The van der Waals surface area contributed by atoms with Crippen LogP contribution in [0.1, 0.15) is 27.0 Å². The molecule has 1 aliphatic heterocycles. The van der Waals surface area contributed by atoms with Crippen molar-refractivity contribution >= 4 is 33.0 Å². The summed E-state index contributed by atoms with van der Waals surface area (Å²) in [5, 5.41) is 2.85. The van der Waals surface area contributed by atoms with Crippen molar-refractivity contribution in [2.45, 2.75) is 25.3 Å². The number of para-hydroxylation sites is 2. The van der Waals surface area contributed by atoms with Gasteiger partial charge in [0.2, 0.25) is 0 Å². The molecule has 0 aromatic heterocycles. The summed E-state index contributed by atoms with van der Waals surface area (Å²) in [5.41, 5.74) is 5.67. The second-order valence-electron chi connectivity index (χ2n) is 10.5. The molecular weight excluding hydrogens is 548 g/mol. The average Bonchev–Trinajstić information content (AvgIpc) is 3.00. The first-order chi connectivity index (χ1) is 20.2. The molecule has 1 aliphatic rings. The van der Waals surface area contributed by atoms with Crippen LogP contribution in [0.4, 0.5) is 17.1 Å². The zero-order valence-corrected chi connectivity index (χ0v) is 24.9. The maximum Gasteiger partial charge on any atom is 0.261 e. The number of piperazine rings is 1. The number of anilines is 3. The molecule has 1 saturated heterocycles. The minimum atomic E-state index is -3.76. The molecule has 0 radical (unpaired) electrons. The van der Waals surface area contributed by atoms with Crippen molar-refractivity contribution in [3.63, 3.8) is 0 Å². The smallest absolute Gasteiger partial charge is 0.261 e. The number of methoxy groups -OCH3 is 1. The number of amides is 1. The number of rotatable bonds is 9. The van der Waals surface area contributed by atoms with Crippen molar-refractivity contribution in [2.24, 2.45) is 0 Å².